The van der Waals surface area contributed by atoms with Gasteiger partial charge in [0.25, 0.3) is 0 Å². The second kappa shape index (κ2) is 6.67. The normalized spacial score (nSPS) is 10.4. The molecule has 7 nitrogen and oxygen atoms in total. The van der Waals surface area contributed by atoms with E-state index in [-0.39, 0.29) is 0 Å². The van der Waals surface area contributed by atoms with Crippen molar-refractivity contribution in [2.24, 2.45) is 0 Å². The molecule has 0 spiro atoms. The van der Waals surface area contributed by atoms with Gasteiger partial charge in [-0.05, 0) is 13.3 Å². The summed E-state index contributed by atoms with van der Waals surface area (Å²) in [7, 11) is 0. The van der Waals surface area contributed by atoms with Crippen LogP contribution in [0.2, 0.25) is 0 Å². The van der Waals surface area contributed by atoms with E-state index in [1.165, 1.54) is 6.39 Å². The third-order valence-corrected chi connectivity index (χ3v) is 2.61. The molecule has 0 saturated carbocycles. The number of nitrogens with one attached hydrogen (secondary N) is 2. The smallest absolute Gasteiger partial charge is 0.213 e. The zero-order valence-corrected chi connectivity index (χ0v) is 11.2. The first kappa shape index (κ1) is 13.3. The molecular weight excluding hydrogens is 244 g/mol. The van der Waals surface area contributed by atoms with Crippen molar-refractivity contribution >= 4 is 11.6 Å². The first-order valence-corrected chi connectivity index (χ1v) is 6.42. The van der Waals surface area contributed by atoms with Gasteiger partial charge < -0.3 is 15.2 Å². The lowest BCUT2D eigenvalue weighted by atomic mass is 10.1. The fraction of sp³-hybridized carbons (Fsp3) is 0.500. The van der Waals surface area contributed by atoms with Crippen molar-refractivity contribution in [3.8, 4) is 0 Å². The number of hydrogen-bond donors (Lipinski definition) is 2. The Morgan fingerprint density at radius 1 is 1.11 bits per heavy atom. The van der Waals surface area contributed by atoms with E-state index in [1.54, 1.807) is 6.33 Å². The topological polar surface area (TPSA) is 88.8 Å². The predicted molar refractivity (Wildman–Crippen MR) is 71.8 cm³/mol. The van der Waals surface area contributed by atoms with Crippen molar-refractivity contribution in [1.82, 2.24) is 20.1 Å². The zero-order chi connectivity index (χ0) is 13.5. The molecule has 2 aromatic heterocycles. The summed E-state index contributed by atoms with van der Waals surface area (Å²) in [5, 5.41) is 10.2. The molecule has 0 saturated heterocycles. The summed E-state index contributed by atoms with van der Waals surface area (Å²) >= 11 is 0. The molecule has 2 aromatic rings. The van der Waals surface area contributed by atoms with Crippen molar-refractivity contribution in [2.45, 2.75) is 33.2 Å². The standard InChI is InChI=1S/C12H18N6O/c1-3-5-9-11(13-4-2)15-7-16-12(9)14-6-10-17-8-19-18-10/h7-8H,3-6H2,1-2H3,(H2,13,14,15,16). The second-order valence-electron chi connectivity index (χ2n) is 4.03. The number of hydrogen-bond acceptors (Lipinski definition) is 7. The van der Waals surface area contributed by atoms with Crippen LogP contribution in [0.15, 0.2) is 17.2 Å². The zero-order valence-electron chi connectivity index (χ0n) is 11.2. The van der Waals surface area contributed by atoms with Crippen LogP contribution in [0.3, 0.4) is 0 Å². The molecule has 0 bridgehead atoms. The van der Waals surface area contributed by atoms with Gasteiger partial charge in [0.05, 0.1) is 6.54 Å². The van der Waals surface area contributed by atoms with Gasteiger partial charge in [0.2, 0.25) is 6.39 Å². The minimum atomic E-state index is 0.482. The van der Waals surface area contributed by atoms with Gasteiger partial charge in [0.1, 0.15) is 18.0 Å². The molecule has 0 atom stereocenters. The Bertz CT molecular complexity index is 499. The van der Waals surface area contributed by atoms with Crippen LogP contribution in [0.5, 0.6) is 0 Å². The maximum absolute atomic E-state index is 4.70. The van der Waals surface area contributed by atoms with E-state index in [0.717, 1.165) is 36.6 Å². The number of aromatic nitrogens is 4. The lowest BCUT2D eigenvalue weighted by Gasteiger charge is -2.13. The first-order chi connectivity index (χ1) is 9.35. The minimum Gasteiger partial charge on any atom is -0.370 e. The Balaban J connectivity index is 2.15. The molecule has 0 aliphatic carbocycles. The molecule has 0 aromatic carbocycles. The molecule has 0 aliphatic rings. The highest BCUT2D eigenvalue weighted by atomic mass is 16.5. The maximum Gasteiger partial charge on any atom is 0.213 e. The summed E-state index contributed by atoms with van der Waals surface area (Å²) in [6.07, 6.45) is 4.81. The molecular formula is C12H18N6O. The number of anilines is 2. The molecule has 102 valence electrons. The van der Waals surface area contributed by atoms with Gasteiger partial charge in [-0.15, -0.1) is 0 Å². The molecule has 0 aliphatic heterocycles. The molecule has 7 heteroatoms. The van der Waals surface area contributed by atoms with Crippen molar-refractivity contribution in [3.05, 3.63) is 24.1 Å². The predicted octanol–water partition coefficient (Wildman–Crippen LogP) is 1.86. The van der Waals surface area contributed by atoms with E-state index < -0.39 is 0 Å². The third kappa shape index (κ3) is 3.40. The Labute approximate surface area is 111 Å². The molecule has 2 N–H and O–H groups in total. The van der Waals surface area contributed by atoms with Gasteiger partial charge in [-0.1, -0.05) is 18.5 Å². The Morgan fingerprint density at radius 3 is 2.53 bits per heavy atom. The highest BCUT2D eigenvalue weighted by molar-refractivity contribution is 5.57. The van der Waals surface area contributed by atoms with Crippen LogP contribution in [0, 0.1) is 0 Å². The lowest BCUT2D eigenvalue weighted by Crippen LogP contribution is -2.10. The molecule has 0 amide bonds. The Hall–Kier alpha value is -2.18. The van der Waals surface area contributed by atoms with Crippen molar-refractivity contribution < 1.29 is 4.52 Å². The molecule has 0 fully saturated rings. The summed E-state index contributed by atoms with van der Waals surface area (Å²) in [4.78, 5) is 12.5. The van der Waals surface area contributed by atoms with E-state index in [9.17, 15) is 0 Å². The van der Waals surface area contributed by atoms with Crippen LogP contribution in [-0.4, -0.2) is 26.7 Å². The highest BCUT2D eigenvalue weighted by Gasteiger charge is 2.10. The number of rotatable bonds is 7. The van der Waals surface area contributed by atoms with Crippen LogP contribution < -0.4 is 10.6 Å². The Morgan fingerprint density at radius 2 is 1.89 bits per heavy atom. The van der Waals surface area contributed by atoms with E-state index in [1.807, 2.05) is 6.92 Å². The van der Waals surface area contributed by atoms with Crippen LogP contribution in [-0.2, 0) is 13.0 Å². The van der Waals surface area contributed by atoms with E-state index in [0.29, 0.717) is 12.4 Å². The molecule has 2 heterocycles. The molecule has 2 rings (SSSR count). The summed E-state index contributed by atoms with van der Waals surface area (Å²) < 4.78 is 4.70. The van der Waals surface area contributed by atoms with Crippen LogP contribution in [0.4, 0.5) is 11.6 Å². The van der Waals surface area contributed by atoms with Gasteiger partial charge in [-0.25, -0.2) is 9.97 Å². The molecule has 0 radical (unpaired) electrons. The van der Waals surface area contributed by atoms with Gasteiger partial charge in [0, 0.05) is 12.1 Å². The van der Waals surface area contributed by atoms with Gasteiger partial charge in [-0.3, -0.25) is 0 Å². The largest absolute Gasteiger partial charge is 0.370 e. The lowest BCUT2D eigenvalue weighted by molar-refractivity contribution is 0.411. The van der Waals surface area contributed by atoms with Crippen LogP contribution in [0.1, 0.15) is 31.7 Å². The summed E-state index contributed by atoms with van der Waals surface area (Å²) in [5.74, 6) is 2.30. The average molecular weight is 262 g/mol. The fourth-order valence-electron chi connectivity index (χ4n) is 1.80. The van der Waals surface area contributed by atoms with Crippen molar-refractivity contribution in [2.75, 3.05) is 17.2 Å². The minimum absolute atomic E-state index is 0.482. The first-order valence-electron chi connectivity index (χ1n) is 6.42. The fourth-order valence-corrected chi connectivity index (χ4v) is 1.80. The van der Waals surface area contributed by atoms with Crippen molar-refractivity contribution in [3.63, 3.8) is 0 Å². The van der Waals surface area contributed by atoms with Gasteiger partial charge in [0.15, 0.2) is 5.82 Å². The van der Waals surface area contributed by atoms with E-state index >= 15 is 0 Å². The average Bonchev–Trinajstić information content (AvgIpc) is 2.93. The Kier molecular flexibility index (Phi) is 4.66. The monoisotopic (exact) mass is 262 g/mol. The van der Waals surface area contributed by atoms with Gasteiger partial charge in [-0.2, -0.15) is 4.98 Å². The van der Waals surface area contributed by atoms with E-state index in [4.69, 9.17) is 4.52 Å². The quantitative estimate of drug-likeness (QED) is 0.787. The number of nitrogens with zero attached hydrogens (tertiary/aromatic N) is 4. The summed E-state index contributed by atoms with van der Waals surface area (Å²) in [6, 6.07) is 0. The van der Waals surface area contributed by atoms with Crippen molar-refractivity contribution in [1.29, 1.82) is 0 Å². The molecule has 19 heavy (non-hydrogen) atoms. The SMILES string of the molecule is CCCc1c(NCC)ncnc1NCc1ncon1. The molecule has 0 unspecified atom stereocenters. The highest BCUT2D eigenvalue weighted by Crippen LogP contribution is 2.21. The van der Waals surface area contributed by atoms with Crippen LogP contribution >= 0.6 is 0 Å². The third-order valence-electron chi connectivity index (χ3n) is 2.61. The van der Waals surface area contributed by atoms with Crippen LogP contribution in [0.25, 0.3) is 0 Å². The summed E-state index contributed by atoms with van der Waals surface area (Å²) in [5.41, 5.74) is 1.09. The maximum atomic E-state index is 4.70. The summed E-state index contributed by atoms with van der Waals surface area (Å²) in [6.45, 7) is 5.49. The second-order valence-corrected chi connectivity index (χ2v) is 4.03. The van der Waals surface area contributed by atoms with Gasteiger partial charge >= 0.3 is 0 Å². The van der Waals surface area contributed by atoms with E-state index in [2.05, 4.69) is 37.7 Å².